The van der Waals surface area contributed by atoms with Crippen LogP contribution in [-0.2, 0) is 11.3 Å². The van der Waals surface area contributed by atoms with Gasteiger partial charge in [-0.1, -0.05) is 13.3 Å². The Morgan fingerprint density at radius 2 is 2.00 bits per heavy atom. The van der Waals surface area contributed by atoms with E-state index in [0.29, 0.717) is 40.3 Å². The van der Waals surface area contributed by atoms with Gasteiger partial charge in [-0.2, -0.15) is 0 Å². The van der Waals surface area contributed by atoms with E-state index in [1.54, 1.807) is 17.8 Å². The highest BCUT2D eigenvalue weighted by Gasteiger charge is 2.19. The Bertz CT molecular complexity index is 809. The van der Waals surface area contributed by atoms with Crippen molar-refractivity contribution in [1.82, 2.24) is 20.2 Å². The lowest BCUT2D eigenvalue weighted by Crippen LogP contribution is -2.33. The van der Waals surface area contributed by atoms with Gasteiger partial charge in [0.25, 0.3) is 11.5 Å². The minimum absolute atomic E-state index is 0.0977. The first-order valence-corrected chi connectivity index (χ1v) is 8.78. The second-order valence-electron chi connectivity index (χ2n) is 5.57. The lowest BCUT2D eigenvalue weighted by molar-refractivity contribution is -0.118. The Kier molecular flexibility index (Phi) is 6.08. The molecule has 0 atom stereocenters. The van der Waals surface area contributed by atoms with Crippen molar-refractivity contribution in [2.24, 2.45) is 0 Å². The van der Waals surface area contributed by atoms with E-state index in [2.05, 4.69) is 22.5 Å². The first-order valence-electron chi connectivity index (χ1n) is 7.96. The maximum atomic E-state index is 12.6. The van der Waals surface area contributed by atoms with E-state index in [4.69, 9.17) is 0 Å². The van der Waals surface area contributed by atoms with Crippen LogP contribution >= 0.6 is 11.3 Å². The molecule has 0 aliphatic carbocycles. The number of aryl methyl sites for hydroxylation is 2. The number of nitrogens with zero attached hydrogens (tertiary/aromatic N) is 2. The summed E-state index contributed by atoms with van der Waals surface area (Å²) >= 11 is 1.22. The number of aromatic nitrogens is 2. The van der Waals surface area contributed by atoms with Gasteiger partial charge in [-0.15, -0.1) is 11.3 Å². The van der Waals surface area contributed by atoms with Gasteiger partial charge in [-0.05, 0) is 18.9 Å². The predicted octanol–water partition coefficient (Wildman–Crippen LogP) is 1.43. The molecule has 0 aliphatic heterocycles. The molecule has 24 heavy (non-hydrogen) atoms. The highest BCUT2D eigenvalue weighted by Crippen LogP contribution is 2.26. The molecule has 0 bridgehead atoms. The van der Waals surface area contributed by atoms with Crippen LogP contribution in [0.3, 0.4) is 0 Å². The van der Waals surface area contributed by atoms with E-state index >= 15 is 0 Å². The summed E-state index contributed by atoms with van der Waals surface area (Å²) in [6, 6.07) is 0. The van der Waals surface area contributed by atoms with Crippen molar-refractivity contribution < 1.29 is 9.59 Å². The first kappa shape index (κ1) is 18.1. The molecule has 0 saturated carbocycles. The average molecular weight is 350 g/mol. The zero-order chi connectivity index (χ0) is 17.7. The second kappa shape index (κ2) is 8.05. The van der Waals surface area contributed by atoms with Crippen molar-refractivity contribution in [2.75, 3.05) is 13.1 Å². The first-order chi connectivity index (χ1) is 11.5. The lowest BCUT2D eigenvalue weighted by Gasteiger charge is -2.05. The molecule has 2 rings (SSSR count). The highest BCUT2D eigenvalue weighted by molar-refractivity contribution is 7.20. The van der Waals surface area contributed by atoms with Gasteiger partial charge in [0.1, 0.15) is 4.83 Å². The topological polar surface area (TPSA) is 93.1 Å². The molecule has 0 aromatic carbocycles. The Hall–Kier alpha value is -2.22. The van der Waals surface area contributed by atoms with Crippen molar-refractivity contribution in [2.45, 2.75) is 40.2 Å². The number of amides is 2. The number of nitrogens with one attached hydrogen (secondary N) is 2. The van der Waals surface area contributed by atoms with Crippen molar-refractivity contribution >= 4 is 33.4 Å². The molecule has 2 aromatic rings. The van der Waals surface area contributed by atoms with Gasteiger partial charge in [0.15, 0.2) is 0 Å². The Labute approximate surface area is 144 Å². The second-order valence-corrected chi connectivity index (χ2v) is 6.57. The van der Waals surface area contributed by atoms with Crippen molar-refractivity contribution in [3.05, 3.63) is 27.1 Å². The van der Waals surface area contributed by atoms with E-state index in [9.17, 15) is 14.4 Å². The summed E-state index contributed by atoms with van der Waals surface area (Å²) in [6.07, 6.45) is 3.45. The molecule has 2 heterocycles. The van der Waals surface area contributed by atoms with Crippen LogP contribution in [0.1, 0.15) is 41.9 Å². The van der Waals surface area contributed by atoms with Crippen LogP contribution in [0.25, 0.3) is 10.2 Å². The van der Waals surface area contributed by atoms with Gasteiger partial charge < -0.3 is 10.6 Å². The SMILES string of the molecule is CCCCn1cnc2sc(C(=O)NCCNC(C)=O)c(C)c2c1=O. The number of carbonyl (C=O) groups is 2. The minimum atomic E-state index is -0.250. The standard InChI is InChI=1S/C16H22N4O3S/c1-4-5-8-20-9-19-15-12(16(20)23)10(2)13(24-15)14(22)18-7-6-17-11(3)21/h9H,4-8H2,1-3H3,(H,17,21)(H,18,22). The molecule has 0 spiro atoms. The number of hydrogen-bond donors (Lipinski definition) is 2. The Morgan fingerprint density at radius 3 is 2.67 bits per heavy atom. The van der Waals surface area contributed by atoms with Crippen LogP contribution in [0.2, 0.25) is 0 Å². The molecule has 8 heteroatoms. The fourth-order valence-electron chi connectivity index (χ4n) is 2.36. The summed E-state index contributed by atoms with van der Waals surface area (Å²) < 4.78 is 1.60. The largest absolute Gasteiger partial charge is 0.355 e. The van der Waals surface area contributed by atoms with Gasteiger partial charge >= 0.3 is 0 Å². The van der Waals surface area contributed by atoms with E-state index in [-0.39, 0.29) is 17.4 Å². The number of carbonyl (C=O) groups excluding carboxylic acids is 2. The molecular formula is C16H22N4O3S. The van der Waals surface area contributed by atoms with Crippen LogP contribution in [0, 0.1) is 6.92 Å². The van der Waals surface area contributed by atoms with E-state index in [0.717, 1.165) is 12.8 Å². The fraction of sp³-hybridized carbons (Fsp3) is 0.500. The summed E-state index contributed by atoms with van der Waals surface area (Å²) in [7, 11) is 0. The van der Waals surface area contributed by atoms with Crippen LogP contribution < -0.4 is 16.2 Å². The Balaban J connectivity index is 2.21. The monoisotopic (exact) mass is 350 g/mol. The smallest absolute Gasteiger partial charge is 0.262 e. The molecule has 2 aromatic heterocycles. The van der Waals surface area contributed by atoms with Crippen molar-refractivity contribution in [1.29, 1.82) is 0 Å². The van der Waals surface area contributed by atoms with Gasteiger partial charge in [0.05, 0.1) is 16.6 Å². The molecule has 0 saturated heterocycles. The van der Waals surface area contributed by atoms with Crippen molar-refractivity contribution in [3.63, 3.8) is 0 Å². The van der Waals surface area contributed by atoms with Crippen molar-refractivity contribution in [3.8, 4) is 0 Å². The number of thiophene rings is 1. The fourth-order valence-corrected chi connectivity index (χ4v) is 3.41. The molecule has 0 aliphatic rings. The average Bonchev–Trinajstić information content (AvgIpc) is 2.88. The molecule has 130 valence electrons. The lowest BCUT2D eigenvalue weighted by atomic mass is 10.2. The van der Waals surface area contributed by atoms with Gasteiger partial charge in [0, 0.05) is 26.6 Å². The number of hydrogen-bond acceptors (Lipinski definition) is 5. The maximum absolute atomic E-state index is 12.6. The number of unbranched alkanes of at least 4 members (excludes halogenated alkanes) is 1. The Morgan fingerprint density at radius 1 is 1.29 bits per heavy atom. The minimum Gasteiger partial charge on any atom is -0.355 e. The highest BCUT2D eigenvalue weighted by atomic mass is 32.1. The molecule has 0 unspecified atom stereocenters. The van der Waals surface area contributed by atoms with E-state index in [1.807, 2.05) is 0 Å². The van der Waals surface area contributed by atoms with Gasteiger partial charge in [-0.25, -0.2) is 4.98 Å². The normalized spacial score (nSPS) is 10.8. The quantitative estimate of drug-likeness (QED) is 0.739. The molecule has 7 nitrogen and oxygen atoms in total. The third kappa shape index (κ3) is 4.00. The maximum Gasteiger partial charge on any atom is 0.262 e. The molecule has 0 radical (unpaired) electrons. The van der Waals surface area contributed by atoms with Crippen LogP contribution in [0.4, 0.5) is 0 Å². The predicted molar refractivity (Wildman–Crippen MR) is 94.5 cm³/mol. The number of fused-ring (bicyclic) bond motifs is 1. The molecule has 2 N–H and O–H groups in total. The van der Waals surface area contributed by atoms with E-state index < -0.39 is 0 Å². The van der Waals surface area contributed by atoms with Crippen LogP contribution in [-0.4, -0.2) is 34.5 Å². The zero-order valence-corrected chi connectivity index (χ0v) is 15.0. The van der Waals surface area contributed by atoms with E-state index in [1.165, 1.54) is 18.3 Å². The summed E-state index contributed by atoms with van der Waals surface area (Å²) in [4.78, 5) is 41.1. The summed E-state index contributed by atoms with van der Waals surface area (Å²) in [5, 5.41) is 5.88. The third-order valence-electron chi connectivity index (χ3n) is 3.66. The molecule has 0 fully saturated rings. The zero-order valence-electron chi connectivity index (χ0n) is 14.1. The van der Waals surface area contributed by atoms with Crippen LogP contribution in [0.15, 0.2) is 11.1 Å². The van der Waals surface area contributed by atoms with Gasteiger partial charge in [0.2, 0.25) is 5.91 Å². The molecular weight excluding hydrogens is 328 g/mol. The number of rotatable bonds is 7. The van der Waals surface area contributed by atoms with Gasteiger partial charge in [-0.3, -0.25) is 19.0 Å². The van der Waals surface area contributed by atoms with Crippen LogP contribution in [0.5, 0.6) is 0 Å². The summed E-state index contributed by atoms with van der Waals surface area (Å²) in [5.41, 5.74) is 0.565. The molecule has 2 amide bonds. The summed E-state index contributed by atoms with van der Waals surface area (Å²) in [6.45, 7) is 6.59. The summed E-state index contributed by atoms with van der Waals surface area (Å²) in [5.74, 6) is -0.389. The third-order valence-corrected chi connectivity index (χ3v) is 4.86.